The van der Waals surface area contributed by atoms with Gasteiger partial charge in [0.25, 0.3) is 0 Å². The third-order valence-electron chi connectivity index (χ3n) is 10.4. The average molecular weight is 996 g/mol. The van der Waals surface area contributed by atoms with Crippen LogP contribution in [0.2, 0.25) is 0 Å². The molecule has 0 saturated carbocycles. The standard InChI is InChI=1S/C32H46F13NO19/c33-27(34,28(35,36)29(37,38)30(39,40)31(41,42)32(43,44)45)3-1-2-13(50)46-26(7-60-23-20(57)17(54)14(51)10(4-47)63-23,8-61-24-21(58)18(55)15(52)11(5-48)64-24)9-62-25-22(59)19(56)16(53)12(6-49)65-25/h10-12,14-25,47-49,51-59H,1-9H2,(H,46,50)/t10-,11-,12-,14-,15-,16-,17+,18+,19+,20-,21-,22-,23-,24-,25-/m1/s1. The Hall–Kier alpha value is -2.16. The Morgan fingerprint density at radius 1 is 0.462 bits per heavy atom. The number of rotatable bonds is 21. The van der Waals surface area contributed by atoms with Gasteiger partial charge in [-0.3, -0.25) is 4.79 Å². The second-order valence-electron chi connectivity index (χ2n) is 15.2. The van der Waals surface area contributed by atoms with Crippen LogP contribution in [0.3, 0.4) is 0 Å². The fourth-order valence-electron chi connectivity index (χ4n) is 6.36. The van der Waals surface area contributed by atoms with E-state index in [4.69, 9.17) is 28.4 Å². The van der Waals surface area contributed by atoms with Gasteiger partial charge in [0.05, 0.1) is 39.6 Å². The number of amides is 1. The van der Waals surface area contributed by atoms with Gasteiger partial charge in [-0.05, 0) is 6.42 Å². The summed E-state index contributed by atoms with van der Waals surface area (Å²) in [5, 5.41) is 123. The largest absolute Gasteiger partial charge is 0.460 e. The lowest BCUT2D eigenvalue weighted by molar-refractivity contribution is -0.440. The second kappa shape index (κ2) is 21.2. The van der Waals surface area contributed by atoms with Gasteiger partial charge in [0.1, 0.15) is 78.8 Å². The lowest BCUT2D eigenvalue weighted by Gasteiger charge is -2.44. The molecule has 15 atom stereocenters. The van der Waals surface area contributed by atoms with E-state index in [-0.39, 0.29) is 0 Å². The zero-order valence-corrected chi connectivity index (χ0v) is 32.7. The third kappa shape index (κ3) is 11.5. The van der Waals surface area contributed by atoms with Crippen LogP contribution in [-0.4, -0.2) is 240 Å². The Morgan fingerprint density at radius 2 is 0.769 bits per heavy atom. The molecule has 3 saturated heterocycles. The van der Waals surface area contributed by atoms with Crippen molar-refractivity contribution < 1.29 is 152 Å². The molecule has 20 nitrogen and oxygen atoms in total. The summed E-state index contributed by atoms with van der Waals surface area (Å²) < 4.78 is 209. The van der Waals surface area contributed by atoms with Crippen LogP contribution in [0.25, 0.3) is 0 Å². The Balaban J connectivity index is 2.01. The highest BCUT2D eigenvalue weighted by atomic mass is 19.4. The van der Waals surface area contributed by atoms with E-state index in [1.54, 1.807) is 0 Å². The van der Waals surface area contributed by atoms with Gasteiger partial charge in [0.15, 0.2) is 18.9 Å². The normalized spacial score (nSPS) is 35.0. The first-order valence-corrected chi connectivity index (χ1v) is 18.7. The maximum absolute atomic E-state index is 14.6. The molecule has 0 aromatic heterocycles. The smallest absolute Gasteiger partial charge is 0.394 e. The number of carbonyl (C=O) groups is 1. The van der Waals surface area contributed by atoms with Crippen LogP contribution in [0.15, 0.2) is 0 Å². The zero-order valence-electron chi connectivity index (χ0n) is 32.7. The molecule has 0 spiro atoms. The monoisotopic (exact) mass is 995 g/mol. The van der Waals surface area contributed by atoms with Crippen molar-refractivity contribution in [1.82, 2.24) is 5.32 Å². The summed E-state index contributed by atoms with van der Waals surface area (Å²) in [6, 6.07) is 0. The van der Waals surface area contributed by atoms with E-state index in [9.17, 15) is 123 Å². The minimum absolute atomic E-state index is 1.08. The van der Waals surface area contributed by atoms with E-state index >= 15 is 0 Å². The Morgan fingerprint density at radius 3 is 1.06 bits per heavy atom. The van der Waals surface area contributed by atoms with Gasteiger partial charge >= 0.3 is 35.8 Å². The molecule has 3 aliphatic rings. The Labute approximate surface area is 355 Å². The maximum atomic E-state index is 14.6. The molecule has 13 N–H and O–H groups in total. The quantitative estimate of drug-likeness (QED) is 0.0491. The summed E-state index contributed by atoms with van der Waals surface area (Å²) in [6.45, 7) is -7.32. The first kappa shape index (κ1) is 57.2. The molecular weight excluding hydrogens is 949 g/mol. The summed E-state index contributed by atoms with van der Waals surface area (Å²) in [7, 11) is 0. The van der Waals surface area contributed by atoms with Crippen molar-refractivity contribution in [1.29, 1.82) is 0 Å². The van der Waals surface area contributed by atoms with Crippen LogP contribution < -0.4 is 5.32 Å². The highest BCUT2D eigenvalue weighted by Gasteiger charge is 2.90. The summed E-state index contributed by atoms with van der Waals surface area (Å²) in [5.41, 5.74) is -2.74. The number of carbonyl (C=O) groups excluding carboxylic acids is 1. The topological polar surface area (TPSA) is 327 Å². The van der Waals surface area contributed by atoms with Crippen molar-refractivity contribution in [3.05, 3.63) is 0 Å². The number of alkyl halides is 13. The molecule has 65 heavy (non-hydrogen) atoms. The van der Waals surface area contributed by atoms with Gasteiger partial charge in [-0.1, -0.05) is 0 Å². The molecule has 0 radical (unpaired) electrons. The van der Waals surface area contributed by atoms with E-state index in [0.29, 0.717) is 0 Å². The van der Waals surface area contributed by atoms with Crippen molar-refractivity contribution >= 4 is 5.91 Å². The predicted molar refractivity (Wildman–Crippen MR) is 175 cm³/mol. The molecule has 0 aromatic rings. The van der Waals surface area contributed by atoms with Crippen LogP contribution in [0.1, 0.15) is 19.3 Å². The molecule has 3 fully saturated rings. The molecule has 1 amide bonds. The zero-order chi connectivity index (χ0) is 50.1. The number of aliphatic hydroxyl groups is 12. The summed E-state index contributed by atoms with van der Waals surface area (Å²) in [5.74, 6) is -40.4. The van der Waals surface area contributed by atoms with Gasteiger partial charge in [0, 0.05) is 12.8 Å². The predicted octanol–water partition coefficient (Wildman–Crippen LogP) is -3.80. The molecule has 0 bridgehead atoms. The lowest BCUT2D eigenvalue weighted by Crippen LogP contribution is -2.70. The van der Waals surface area contributed by atoms with Crippen molar-refractivity contribution in [3.63, 3.8) is 0 Å². The van der Waals surface area contributed by atoms with Crippen LogP contribution in [0.5, 0.6) is 0 Å². The van der Waals surface area contributed by atoms with Gasteiger partial charge < -0.3 is 95.0 Å². The number of ether oxygens (including phenoxy) is 6. The fourth-order valence-corrected chi connectivity index (χ4v) is 6.36. The molecule has 3 aliphatic heterocycles. The van der Waals surface area contributed by atoms with Crippen LogP contribution in [-0.2, 0) is 33.2 Å². The summed E-state index contributed by atoms with van der Waals surface area (Å²) >= 11 is 0. The number of halogens is 13. The molecule has 33 heteroatoms. The molecule has 3 rings (SSSR count). The van der Waals surface area contributed by atoms with Crippen LogP contribution in [0, 0.1) is 0 Å². The first-order valence-electron chi connectivity index (χ1n) is 18.7. The summed E-state index contributed by atoms with van der Waals surface area (Å²) in [4.78, 5) is 13.4. The number of aliphatic hydroxyl groups excluding tert-OH is 12. The first-order chi connectivity index (χ1) is 29.6. The highest BCUT2D eigenvalue weighted by Crippen LogP contribution is 2.60. The molecule has 3 heterocycles. The van der Waals surface area contributed by atoms with Crippen molar-refractivity contribution in [3.8, 4) is 0 Å². The SMILES string of the molecule is O=C(CCCC(F)(F)C(F)(F)C(F)(F)C(F)(F)C(F)(F)C(F)(F)F)NC(CO[C@@H]1O[C@H](CO)[C@@H](O)[C@H](O)[C@H]1O)(CO[C@@H]1O[C@H](CO)[C@@H](O)[C@H](O)[C@H]1O)CO[C@@H]1O[C@H](CO)[C@@H](O)[C@H](O)[C@H]1O. The number of nitrogens with one attached hydrogen (secondary N) is 1. The average Bonchev–Trinajstić information content (AvgIpc) is 3.22. The Kier molecular flexibility index (Phi) is 18.7. The second-order valence-corrected chi connectivity index (χ2v) is 15.2. The van der Waals surface area contributed by atoms with Gasteiger partial charge in [-0.25, -0.2) is 0 Å². The van der Waals surface area contributed by atoms with Crippen molar-refractivity contribution in [2.75, 3.05) is 39.6 Å². The van der Waals surface area contributed by atoms with Gasteiger partial charge in [0.2, 0.25) is 5.91 Å². The van der Waals surface area contributed by atoms with E-state index < -0.39 is 198 Å². The molecular formula is C32H46F13NO19. The molecule has 0 aliphatic carbocycles. The van der Waals surface area contributed by atoms with Crippen molar-refractivity contribution in [2.45, 2.75) is 153 Å². The number of hydrogen-bond acceptors (Lipinski definition) is 19. The Bertz CT molecular complexity index is 1440. The summed E-state index contributed by atoms with van der Waals surface area (Å²) in [6.07, 6.45) is -45.2. The third-order valence-corrected chi connectivity index (χ3v) is 10.4. The molecule has 0 unspecified atom stereocenters. The van der Waals surface area contributed by atoms with E-state index in [0.717, 1.165) is 0 Å². The fraction of sp³-hybridized carbons (Fsp3) is 0.969. The van der Waals surface area contributed by atoms with Crippen molar-refractivity contribution in [2.24, 2.45) is 0 Å². The molecule has 384 valence electrons. The highest BCUT2D eigenvalue weighted by molar-refractivity contribution is 5.76. The lowest BCUT2D eigenvalue weighted by atomic mass is 9.91. The van der Waals surface area contributed by atoms with E-state index in [2.05, 4.69) is 0 Å². The minimum Gasteiger partial charge on any atom is -0.394 e. The molecule has 0 aromatic carbocycles. The number of hydrogen-bond donors (Lipinski definition) is 13. The van der Waals surface area contributed by atoms with E-state index in [1.165, 1.54) is 0 Å². The maximum Gasteiger partial charge on any atom is 0.460 e. The van der Waals surface area contributed by atoms with Gasteiger partial charge in [-0.15, -0.1) is 0 Å². The van der Waals surface area contributed by atoms with Crippen LogP contribution in [0.4, 0.5) is 57.1 Å². The van der Waals surface area contributed by atoms with Crippen LogP contribution >= 0.6 is 0 Å². The minimum atomic E-state index is -8.20. The van der Waals surface area contributed by atoms with E-state index in [1.807, 2.05) is 5.32 Å². The van der Waals surface area contributed by atoms with Gasteiger partial charge in [-0.2, -0.15) is 57.1 Å².